The highest BCUT2D eigenvalue weighted by Gasteiger charge is 2.27. The van der Waals surface area contributed by atoms with Crippen molar-refractivity contribution in [1.82, 2.24) is 0 Å². The lowest BCUT2D eigenvalue weighted by atomic mass is 10.2. The molecule has 0 amide bonds. The molecule has 0 bridgehead atoms. The van der Waals surface area contributed by atoms with Gasteiger partial charge in [-0.2, -0.15) is 0 Å². The van der Waals surface area contributed by atoms with E-state index >= 15 is 0 Å². The monoisotopic (exact) mass is 221 g/mol. The van der Waals surface area contributed by atoms with Crippen molar-refractivity contribution in [2.45, 2.75) is 30.7 Å². The van der Waals surface area contributed by atoms with Crippen LogP contribution >= 0.6 is 0 Å². The molecule has 1 aliphatic heterocycles. The van der Waals surface area contributed by atoms with Crippen molar-refractivity contribution in [1.29, 1.82) is 0 Å². The van der Waals surface area contributed by atoms with Gasteiger partial charge in [-0.15, -0.1) is 0 Å². The molecule has 0 aliphatic carbocycles. The molecule has 0 aromatic heterocycles. The van der Waals surface area contributed by atoms with E-state index in [1.165, 1.54) is 18.4 Å². The molecule has 0 spiro atoms. The number of benzene rings is 1. The molecule has 1 fully saturated rings. The first-order valence-corrected chi connectivity index (χ1v) is 7.46. The van der Waals surface area contributed by atoms with Crippen molar-refractivity contribution in [3.8, 4) is 0 Å². The zero-order chi connectivity index (χ0) is 10.6. The summed E-state index contributed by atoms with van der Waals surface area (Å²) < 4.78 is 5.73. The molecule has 82 valence electrons. The number of nitrogens with two attached hydrogens (primary N) is 1. The average molecular weight is 221 g/mol. The lowest BCUT2D eigenvalue weighted by molar-refractivity contribution is -0.0159. The van der Waals surface area contributed by atoms with Gasteiger partial charge in [0, 0.05) is 6.61 Å². The second kappa shape index (κ2) is 4.92. The summed E-state index contributed by atoms with van der Waals surface area (Å²) >= 11 is 0. The molecule has 1 unspecified atom stereocenters. The van der Waals surface area contributed by atoms with Crippen LogP contribution < -0.4 is 5.73 Å². The van der Waals surface area contributed by atoms with Crippen LogP contribution in [0.25, 0.3) is 0 Å². The molecule has 1 atom stereocenters. The van der Waals surface area contributed by atoms with Gasteiger partial charge in [-0.1, -0.05) is 35.9 Å². The molecule has 2 N–H and O–H groups in total. The third-order valence-electron chi connectivity index (χ3n) is 3.06. The quantitative estimate of drug-likeness (QED) is 0.778. The van der Waals surface area contributed by atoms with Gasteiger partial charge >= 0.3 is 0 Å². The Kier molecular flexibility index (Phi) is 3.56. The highest BCUT2D eigenvalue weighted by Crippen LogP contribution is 2.19. The van der Waals surface area contributed by atoms with Crippen LogP contribution in [0.3, 0.4) is 0 Å². The Hall–Kier alpha value is -0.643. The van der Waals surface area contributed by atoms with Gasteiger partial charge in [0.05, 0.1) is 14.9 Å². The van der Waals surface area contributed by atoms with E-state index in [1.807, 2.05) is 0 Å². The Morgan fingerprint density at radius 2 is 2.07 bits per heavy atom. The molecule has 2 nitrogen and oxygen atoms in total. The van der Waals surface area contributed by atoms with Crippen LogP contribution in [0, 0.1) is 0 Å². The molecule has 0 radical (unpaired) electrons. The fraction of sp³-hybridized carbons (Fsp3) is 0.500. The fourth-order valence-electron chi connectivity index (χ4n) is 2.07. The molecule has 1 aromatic carbocycles. The second-order valence-corrected chi connectivity index (χ2v) is 6.55. The van der Waals surface area contributed by atoms with Crippen LogP contribution in [0.2, 0.25) is 0 Å². The maximum absolute atomic E-state index is 6.25. The number of hydrogen-bond donors (Lipinski definition) is 1. The van der Waals surface area contributed by atoms with Gasteiger partial charge in [-0.25, -0.2) is 0 Å². The Morgan fingerprint density at radius 3 is 2.73 bits per heavy atom. The van der Waals surface area contributed by atoms with Gasteiger partial charge in [0.2, 0.25) is 0 Å². The van der Waals surface area contributed by atoms with Crippen molar-refractivity contribution in [3.63, 3.8) is 0 Å². The summed E-state index contributed by atoms with van der Waals surface area (Å²) in [6.07, 6.45) is 3.48. The highest BCUT2D eigenvalue weighted by atomic mass is 28.2. The molecule has 15 heavy (non-hydrogen) atoms. The Bertz CT molecular complexity index is 296. The summed E-state index contributed by atoms with van der Waals surface area (Å²) in [5.41, 5.74) is 7.65. The van der Waals surface area contributed by atoms with Gasteiger partial charge in [0.1, 0.15) is 0 Å². The van der Waals surface area contributed by atoms with Gasteiger partial charge in [-0.05, 0) is 25.3 Å². The standard InChI is InChI=1S/C12H19NOSi/c13-12(8-4-5-9-14-12)15-10-11-6-2-1-3-7-11/h1-3,6-7H,4-5,8-10,13,15H2. The van der Waals surface area contributed by atoms with Crippen LogP contribution in [0.4, 0.5) is 0 Å². The van der Waals surface area contributed by atoms with Gasteiger partial charge in [-0.3, -0.25) is 0 Å². The van der Waals surface area contributed by atoms with Crippen molar-refractivity contribution < 1.29 is 4.74 Å². The van der Waals surface area contributed by atoms with E-state index in [0.717, 1.165) is 19.1 Å². The normalized spacial score (nSPS) is 27.3. The first-order chi connectivity index (χ1) is 7.29. The van der Waals surface area contributed by atoms with Gasteiger partial charge < -0.3 is 10.5 Å². The predicted molar refractivity (Wildman–Crippen MR) is 65.4 cm³/mol. The van der Waals surface area contributed by atoms with Crippen LogP contribution in [0.1, 0.15) is 24.8 Å². The molecule has 1 aromatic rings. The third kappa shape index (κ3) is 3.16. The Morgan fingerprint density at radius 1 is 1.27 bits per heavy atom. The van der Waals surface area contributed by atoms with E-state index in [4.69, 9.17) is 10.5 Å². The lowest BCUT2D eigenvalue weighted by Gasteiger charge is -2.33. The zero-order valence-corrected chi connectivity index (χ0v) is 10.5. The average Bonchev–Trinajstić information content (AvgIpc) is 2.29. The number of rotatable bonds is 3. The summed E-state index contributed by atoms with van der Waals surface area (Å²) in [5, 5.41) is -0.228. The number of hydrogen-bond acceptors (Lipinski definition) is 2. The number of ether oxygens (including phenoxy) is 1. The van der Waals surface area contributed by atoms with Crippen molar-refractivity contribution in [3.05, 3.63) is 35.9 Å². The van der Waals surface area contributed by atoms with Crippen molar-refractivity contribution >= 4 is 9.52 Å². The summed E-state index contributed by atoms with van der Waals surface area (Å²) in [6, 6.07) is 11.7. The van der Waals surface area contributed by atoms with E-state index in [1.54, 1.807) is 0 Å². The van der Waals surface area contributed by atoms with Crippen molar-refractivity contribution in [2.24, 2.45) is 5.73 Å². The molecular weight excluding hydrogens is 202 g/mol. The first-order valence-electron chi connectivity index (χ1n) is 5.75. The summed E-state index contributed by atoms with van der Waals surface area (Å²) in [4.78, 5) is 0. The van der Waals surface area contributed by atoms with Crippen molar-refractivity contribution in [2.75, 3.05) is 6.61 Å². The lowest BCUT2D eigenvalue weighted by Crippen LogP contribution is -2.51. The largest absolute Gasteiger partial charge is 0.365 e. The minimum atomic E-state index is -0.374. The second-order valence-electron chi connectivity index (χ2n) is 4.36. The molecule has 1 heterocycles. The molecule has 3 heteroatoms. The van der Waals surface area contributed by atoms with E-state index in [9.17, 15) is 0 Å². The van der Waals surface area contributed by atoms with E-state index in [0.29, 0.717) is 0 Å². The first kappa shape index (κ1) is 10.9. The van der Waals surface area contributed by atoms with E-state index < -0.39 is 0 Å². The molecule has 2 rings (SSSR count). The summed E-state index contributed by atoms with van der Waals surface area (Å²) in [7, 11) is -0.374. The zero-order valence-electron chi connectivity index (χ0n) is 9.11. The van der Waals surface area contributed by atoms with E-state index in [-0.39, 0.29) is 14.9 Å². The Balaban J connectivity index is 1.87. The van der Waals surface area contributed by atoms with Crippen LogP contribution in [0.5, 0.6) is 0 Å². The SMILES string of the molecule is NC1([SiH2]Cc2ccccc2)CCCCO1. The minimum absolute atomic E-state index is 0.228. The minimum Gasteiger partial charge on any atom is -0.365 e. The van der Waals surface area contributed by atoms with Crippen LogP contribution in [-0.4, -0.2) is 21.5 Å². The summed E-state index contributed by atoms with van der Waals surface area (Å²) in [6.45, 7) is 0.859. The van der Waals surface area contributed by atoms with Crippen LogP contribution in [-0.2, 0) is 10.8 Å². The van der Waals surface area contributed by atoms with Gasteiger partial charge in [0.15, 0.2) is 0 Å². The van der Waals surface area contributed by atoms with Crippen LogP contribution in [0.15, 0.2) is 30.3 Å². The Labute approximate surface area is 93.6 Å². The van der Waals surface area contributed by atoms with Gasteiger partial charge in [0.25, 0.3) is 0 Å². The summed E-state index contributed by atoms with van der Waals surface area (Å²) in [5.74, 6) is 0. The van der Waals surface area contributed by atoms with E-state index in [2.05, 4.69) is 30.3 Å². The third-order valence-corrected chi connectivity index (χ3v) is 5.29. The topological polar surface area (TPSA) is 35.2 Å². The molecule has 1 aliphatic rings. The predicted octanol–water partition coefficient (Wildman–Crippen LogP) is 1.17. The molecule has 0 saturated carbocycles. The maximum Gasteiger partial charge on any atom is 0.0960 e. The highest BCUT2D eigenvalue weighted by molar-refractivity contribution is 6.38. The fourth-order valence-corrected chi connectivity index (χ4v) is 3.91. The smallest absolute Gasteiger partial charge is 0.0960 e. The maximum atomic E-state index is 6.25. The molecule has 1 saturated heterocycles. The molecular formula is C12H19NOSi.